The first-order valence-corrected chi connectivity index (χ1v) is 5.48. The molecule has 0 atom stereocenters. The van der Waals surface area contributed by atoms with E-state index >= 15 is 0 Å². The summed E-state index contributed by atoms with van der Waals surface area (Å²) in [6.07, 6.45) is 5.76. The maximum atomic E-state index is 6.08. The van der Waals surface area contributed by atoms with Gasteiger partial charge in [0.2, 0.25) is 0 Å². The first kappa shape index (κ1) is 11.0. The third-order valence-electron chi connectivity index (χ3n) is 2.50. The Kier molecular flexibility index (Phi) is 3.10. The Balaban J connectivity index is 2.33. The highest BCUT2D eigenvalue weighted by atomic mass is 35.5. The van der Waals surface area contributed by atoms with Gasteiger partial charge in [0.15, 0.2) is 0 Å². The number of nitrogens with zero attached hydrogens (tertiary/aromatic N) is 3. The molecule has 2 heterocycles. The van der Waals surface area contributed by atoms with Gasteiger partial charge >= 0.3 is 0 Å². The van der Waals surface area contributed by atoms with Crippen LogP contribution in [-0.2, 0) is 13.0 Å². The number of anilines is 1. The van der Waals surface area contributed by atoms with Gasteiger partial charge in [-0.1, -0.05) is 11.6 Å². The highest BCUT2D eigenvalue weighted by molar-refractivity contribution is 6.31. The zero-order chi connectivity index (χ0) is 11.5. The van der Waals surface area contributed by atoms with Crippen molar-refractivity contribution in [3.05, 3.63) is 40.9 Å². The van der Waals surface area contributed by atoms with Crippen molar-refractivity contribution in [2.75, 3.05) is 5.73 Å². The van der Waals surface area contributed by atoms with Gasteiger partial charge in [-0.2, -0.15) is 5.10 Å². The summed E-state index contributed by atoms with van der Waals surface area (Å²) in [5.41, 5.74) is 8.55. The van der Waals surface area contributed by atoms with Gasteiger partial charge in [0.25, 0.3) is 0 Å². The Morgan fingerprint density at radius 3 is 2.94 bits per heavy atom. The maximum Gasteiger partial charge on any atom is 0.0821 e. The van der Waals surface area contributed by atoms with Gasteiger partial charge in [0, 0.05) is 31.0 Å². The number of hydrogen-bond acceptors (Lipinski definition) is 3. The van der Waals surface area contributed by atoms with Crippen LogP contribution in [0.1, 0.15) is 18.2 Å². The number of hydrogen-bond donors (Lipinski definition) is 1. The van der Waals surface area contributed by atoms with Crippen LogP contribution in [0.2, 0.25) is 5.02 Å². The molecule has 84 valence electrons. The summed E-state index contributed by atoms with van der Waals surface area (Å²) in [5.74, 6) is 0. The SMILES string of the molecule is CCn1ncc(Cl)c1Cc1cnccc1N. The molecule has 0 radical (unpaired) electrons. The van der Waals surface area contributed by atoms with Crippen LogP contribution in [0.5, 0.6) is 0 Å². The molecule has 0 fully saturated rings. The second-order valence-corrected chi connectivity index (χ2v) is 3.91. The van der Waals surface area contributed by atoms with Crippen molar-refractivity contribution in [3.63, 3.8) is 0 Å². The van der Waals surface area contributed by atoms with Crippen molar-refractivity contribution in [3.8, 4) is 0 Å². The van der Waals surface area contributed by atoms with Crippen molar-refractivity contribution < 1.29 is 0 Å². The highest BCUT2D eigenvalue weighted by Gasteiger charge is 2.10. The van der Waals surface area contributed by atoms with Gasteiger partial charge in [-0.05, 0) is 18.6 Å². The van der Waals surface area contributed by atoms with Gasteiger partial charge in [0.05, 0.1) is 16.9 Å². The van der Waals surface area contributed by atoms with E-state index in [9.17, 15) is 0 Å². The van der Waals surface area contributed by atoms with Crippen LogP contribution in [0.15, 0.2) is 24.7 Å². The molecule has 4 nitrogen and oxygen atoms in total. The zero-order valence-electron chi connectivity index (χ0n) is 9.02. The van der Waals surface area contributed by atoms with Crippen molar-refractivity contribution in [2.45, 2.75) is 19.9 Å². The van der Waals surface area contributed by atoms with E-state index < -0.39 is 0 Å². The van der Waals surface area contributed by atoms with E-state index in [0.717, 1.165) is 23.5 Å². The molecule has 16 heavy (non-hydrogen) atoms. The van der Waals surface area contributed by atoms with Crippen LogP contribution in [0.3, 0.4) is 0 Å². The van der Waals surface area contributed by atoms with E-state index in [1.807, 2.05) is 11.6 Å². The Morgan fingerprint density at radius 1 is 1.44 bits per heavy atom. The Hall–Kier alpha value is -1.55. The summed E-state index contributed by atoms with van der Waals surface area (Å²) in [7, 11) is 0. The molecule has 0 saturated heterocycles. The van der Waals surface area contributed by atoms with Crippen LogP contribution < -0.4 is 5.73 Å². The van der Waals surface area contributed by atoms with Gasteiger partial charge in [-0.15, -0.1) is 0 Å². The number of halogens is 1. The molecule has 0 aliphatic rings. The summed E-state index contributed by atoms with van der Waals surface area (Å²) in [5, 5.41) is 4.85. The van der Waals surface area contributed by atoms with Gasteiger partial charge in [0.1, 0.15) is 0 Å². The molecule has 0 unspecified atom stereocenters. The minimum atomic E-state index is 0.659. The second kappa shape index (κ2) is 4.53. The number of aromatic nitrogens is 3. The van der Waals surface area contributed by atoms with Crippen LogP contribution >= 0.6 is 11.6 Å². The van der Waals surface area contributed by atoms with E-state index in [1.165, 1.54) is 0 Å². The monoisotopic (exact) mass is 236 g/mol. The molecule has 5 heteroatoms. The van der Waals surface area contributed by atoms with Crippen LogP contribution in [-0.4, -0.2) is 14.8 Å². The largest absolute Gasteiger partial charge is 0.398 e. The lowest BCUT2D eigenvalue weighted by molar-refractivity contribution is 0.630. The van der Waals surface area contributed by atoms with Crippen molar-refractivity contribution in [1.82, 2.24) is 14.8 Å². The number of aryl methyl sites for hydroxylation is 1. The molecule has 0 amide bonds. The van der Waals surface area contributed by atoms with Crippen molar-refractivity contribution in [1.29, 1.82) is 0 Å². The molecule has 0 spiro atoms. The van der Waals surface area contributed by atoms with Gasteiger partial charge < -0.3 is 5.73 Å². The Labute approximate surface area is 99.1 Å². The molecule has 2 N–H and O–H groups in total. The average Bonchev–Trinajstić information content (AvgIpc) is 2.63. The molecule has 2 aromatic heterocycles. The quantitative estimate of drug-likeness (QED) is 0.888. The lowest BCUT2D eigenvalue weighted by Crippen LogP contribution is -2.05. The average molecular weight is 237 g/mol. The molecule has 2 aromatic rings. The van der Waals surface area contributed by atoms with Crippen molar-refractivity contribution >= 4 is 17.3 Å². The van der Waals surface area contributed by atoms with Crippen LogP contribution in [0, 0.1) is 0 Å². The number of pyridine rings is 1. The summed E-state index contributed by atoms with van der Waals surface area (Å²) in [4.78, 5) is 4.06. The zero-order valence-corrected chi connectivity index (χ0v) is 9.78. The van der Waals surface area contributed by atoms with Gasteiger partial charge in [-0.25, -0.2) is 0 Å². The molecule has 2 rings (SSSR count). The lowest BCUT2D eigenvalue weighted by atomic mass is 10.1. The fourth-order valence-corrected chi connectivity index (χ4v) is 1.81. The standard InChI is InChI=1S/C11H13ClN4/c1-2-16-11(9(12)7-15-16)5-8-6-14-4-3-10(8)13/h3-4,6-7H,2,5H2,1H3,(H2,13,14). The summed E-state index contributed by atoms with van der Waals surface area (Å²) in [6, 6.07) is 1.79. The highest BCUT2D eigenvalue weighted by Crippen LogP contribution is 2.21. The predicted molar refractivity (Wildman–Crippen MR) is 64.4 cm³/mol. The Bertz CT molecular complexity index is 492. The van der Waals surface area contributed by atoms with Gasteiger partial charge in [-0.3, -0.25) is 9.67 Å². The molecular formula is C11H13ClN4. The smallest absolute Gasteiger partial charge is 0.0821 e. The van der Waals surface area contributed by atoms with E-state index in [4.69, 9.17) is 17.3 Å². The molecule has 0 aliphatic heterocycles. The molecular weight excluding hydrogens is 224 g/mol. The van der Waals surface area contributed by atoms with E-state index in [1.54, 1.807) is 24.7 Å². The fourth-order valence-electron chi connectivity index (χ4n) is 1.60. The Morgan fingerprint density at radius 2 is 2.25 bits per heavy atom. The van der Waals surface area contributed by atoms with E-state index in [-0.39, 0.29) is 0 Å². The molecule has 0 bridgehead atoms. The molecule has 0 saturated carbocycles. The van der Waals surface area contributed by atoms with Crippen molar-refractivity contribution in [2.24, 2.45) is 0 Å². The van der Waals surface area contributed by atoms with E-state index in [2.05, 4.69) is 10.1 Å². The topological polar surface area (TPSA) is 56.7 Å². The normalized spacial score (nSPS) is 10.6. The third-order valence-corrected chi connectivity index (χ3v) is 2.81. The van der Waals surface area contributed by atoms with E-state index in [0.29, 0.717) is 11.4 Å². The minimum absolute atomic E-state index is 0.659. The summed E-state index contributed by atoms with van der Waals surface area (Å²) < 4.78 is 1.87. The molecule has 0 aromatic carbocycles. The number of nitrogens with two attached hydrogens (primary N) is 1. The number of nitrogen functional groups attached to an aromatic ring is 1. The molecule has 0 aliphatic carbocycles. The fraction of sp³-hybridized carbons (Fsp3) is 0.273. The third kappa shape index (κ3) is 2.02. The van der Waals surface area contributed by atoms with Crippen LogP contribution in [0.4, 0.5) is 5.69 Å². The summed E-state index contributed by atoms with van der Waals surface area (Å²) in [6.45, 7) is 2.82. The second-order valence-electron chi connectivity index (χ2n) is 3.51. The summed E-state index contributed by atoms with van der Waals surface area (Å²) >= 11 is 6.08. The minimum Gasteiger partial charge on any atom is -0.398 e. The van der Waals surface area contributed by atoms with Crippen LogP contribution in [0.25, 0.3) is 0 Å². The number of rotatable bonds is 3. The first-order chi connectivity index (χ1) is 7.72. The predicted octanol–water partition coefficient (Wildman–Crippen LogP) is 2.12. The first-order valence-electron chi connectivity index (χ1n) is 5.11. The lowest BCUT2D eigenvalue weighted by Gasteiger charge is -2.07. The maximum absolute atomic E-state index is 6.08.